The number of rotatable bonds is 12. The second-order valence-corrected chi connectivity index (χ2v) is 24.5. The predicted molar refractivity (Wildman–Crippen MR) is 373 cm³/mol. The Morgan fingerprint density at radius 2 is 0.534 bits per heavy atom. The van der Waals surface area contributed by atoms with Gasteiger partial charge in [0.25, 0.3) is 0 Å². The molecule has 0 atom stereocenters. The quantitative estimate of drug-likeness (QED) is 0.121. The average molecular weight is 1130 g/mol. The molecule has 16 rings (SSSR count). The van der Waals surface area contributed by atoms with Gasteiger partial charge in [-0.15, -0.1) is 0 Å². The van der Waals surface area contributed by atoms with Gasteiger partial charge in [0.1, 0.15) is 0 Å². The highest BCUT2D eigenvalue weighted by Crippen LogP contribution is 2.62. The SMILES string of the molecule is CC1(C)c2cc(N(c3ccccc3)c3ccc(N(c4ccccc4)c4ccc5ccccc5c4)cc3)ccc2-c2ccc3c(c21)C(C)(C)c1cc(N(c2ccccc2)c2ccc(N(c4ccccc4)c4ccc5ccccc5c4)cc2)c2ccccc2c1-3. The van der Waals surface area contributed by atoms with Gasteiger partial charge in [-0.25, -0.2) is 0 Å². The van der Waals surface area contributed by atoms with Crippen LogP contribution in [-0.4, -0.2) is 0 Å². The minimum absolute atomic E-state index is 0.329. The van der Waals surface area contributed by atoms with E-state index in [0.717, 1.165) is 68.2 Å². The second kappa shape index (κ2) is 20.9. The standard InChI is InChI=1S/C84H64N4/c1-83(2)77-55-71(87(63-31-13-7-14-32-63)67-43-41-65(42-44-67)85(61-27-9-5-10-28-61)69-39-37-57-23-17-19-25-59(57)53-69)49-50-72(77)75-51-52-76-80-74-36-22-21-35-73(74)79(56-78(80)84(3,4)82(76)81(75)83)88(64-33-15-8-16-34-64)68-47-45-66(46-48-68)86(62-29-11-6-12-30-62)70-40-38-58-24-18-20-26-60(58)54-70/h5-56H,1-4H3. The molecule has 0 aromatic heterocycles. The summed E-state index contributed by atoms with van der Waals surface area (Å²) in [5, 5.41) is 7.34. The highest BCUT2D eigenvalue weighted by atomic mass is 15.2. The molecule has 0 saturated carbocycles. The van der Waals surface area contributed by atoms with Gasteiger partial charge >= 0.3 is 0 Å². The van der Waals surface area contributed by atoms with Crippen LogP contribution in [0, 0.1) is 0 Å². The van der Waals surface area contributed by atoms with Crippen molar-refractivity contribution in [3.63, 3.8) is 0 Å². The molecule has 2 aliphatic carbocycles. The summed E-state index contributed by atoms with van der Waals surface area (Å²) in [4.78, 5) is 9.60. The van der Waals surface area contributed by atoms with E-state index in [2.05, 4.69) is 363 Å². The molecule has 4 nitrogen and oxygen atoms in total. The Hall–Kier alpha value is -10.9. The number of anilines is 12. The molecule has 0 amide bonds. The molecule has 2 aliphatic rings. The van der Waals surface area contributed by atoms with Crippen LogP contribution in [0.15, 0.2) is 315 Å². The topological polar surface area (TPSA) is 13.0 Å². The molecule has 0 radical (unpaired) electrons. The van der Waals surface area contributed by atoms with E-state index in [1.165, 1.54) is 76.8 Å². The summed E-state index contributed by atoms with van der Waals surface area (Å²) < 4.78 is 0. The predicted octanol–water partition coefficient (Wildman–Crippen LogP) is 23.6. The Morgan fingerprint density at radius 3 is 1.01 bits per heavy atom. The van der Waals surface area contributed by atoms with E-state index < -0.39 is 0 Å². The van der Waals surface area contributed by atoms with E-state index in [0.29, 0.717) is 0 Å². The van der Waals surface area contributed by atoms with Crippen molar-refractivity contribution >= 4 is 101 Å². The van der Waals surface area contributed by atoms with Gasteiger partial charge in [0.15, 0.2) is 0 Å². The van der Waals surface area contributed by atoms with Gasteiger partial charge in [-0.05, 0) is 211 Å². The van der Waals surface area contributed by atoms with Gasteiger partial charge in [-0.1, -0.05) is 204 Å². The molecular formula is C84H64N4. The fourth-order valence-corrected chi connectivity index (χ4v) is 14.6. The Balaban J connectivity index is 0.779. The summed E-state index contributed by atoms with van der Waals surface area (Å²) >= 11 is 0. The lowest BCUT2D eigenvalue weighted by molar-refractivity contribution is 0.601. The van der Waals surface area contributed by atoms with Gasteiger partial charge in [0.05, 0.1) is 5.69 Å². The lowest BCUT2D eigenvalue weighted by atomic mass is 9.72. The number of hydrogen-bond acceptors (Lipinski definition) is 4. The number of fused-ring (bicyclic) bond motifs is 11. The van der Waals surface area contributed by atoms with E-state index in [1.807, 2.05) is 0 Å². The van der Waals surface area contributed by atoms with E-state index in [-0.39, 0.29) is 10.8 Å². The normalized spacial score (nSPS) is 13.2. The van der Waals surface area contributed by atoms with Crippen LogP contribution < -0.4 is 19.6 Å². The highest BCUT2D eigenvalue weighted by molar-refractivity contribution is 6.11. The van der Waals surface area contributed by atoms with Crippen LogP contribution in [0.3, 0.4) is 0 Å². The Bertz CT molecular complexity index is 4960. The van der Waals surface area contributed by atoms with E-state index in [4.69, 9.17) is 0 Å². The lowest BCUT2D eigenvalue weighted by Crippen LogP contribution is -2.24. The van der Waals surface area contributed by atoms with Crippen LogP contribution in [-0.2, 0) is 10.8 Å². The maximum atomic E-state index is 2.52. The first-order valence-corrected chi connectivity index (χ1v) is 30.7. The van der Waals surface area contributed by atoms with Crippen LogP contribution >= 0.6 is 0 Å². The van der Waals surface area contributed by atoms with Crippen LogP contribution in [0.2, 0.25) is 0 Å². The third kappa shape index (κ3) is 8.66. The average Bonchev–Trinajstić information content (AvgIpc) is 1.53. The molecule has 0 N–H and O–H groups in total. The van der Waals surface area contributed by atoms with Crippen molar-refractivity contribution in [2.45, 2.75) is 38.5 Å². The molecule has 14 aromatic rings. The molecule has 0 fully saturated rings. The van der Waals surface area contributed by atoms with Crippen molar-refractivity contribution in [2.24, 2.45) is 0 Å². The monoisotopic (exact) mass is 1130 g/mol. The van der Waals surface area contributed by atoms with Crippen molar-refractivity contribution in [1.29, 1.82) is 0 Å². The third-order valence-corrected chi connectivity index (χ3v) is 18.7. The summed E-state index contributed by atoms with van der Waals surface area (Å²) in [7, 11) is 0. The maximum absolute atomic E-state index is 2.52. The van der Waals surface area contributed by atoms with E-state index in [1.54, 1.807) is 0 Å². The first-order chi connectivity index (χ1) is 43.2. The van der Waals surface area contributed by atoms with Crippen molar-refractivity contribution in [3.05, 3.63) is 338 Å². The number of para-hydroxylation sites is 4. The van der Waals surface area contributed by atoms with Crippen molar-refractivity contribution < 1.29 is 0 Å². The summed E-state index contributed by atoms with van der Waals surface area (Å²) in [6, 6.07) is 116. The Morgan fingerprint density at radius 1 is 0.216 bits per heavy atom. The Labute approximate surface area is 515 Å². The third-order valence-electron chi connectivity index (χ3n) is 18.7. The van der Waals surface area contributed by atoms with Gasteiger partial charge in [-0.3, -0.25) is 0 Å². The number of hydrogen-bond donors (Lipinski definition) is 0. The van der Waals surface area contributed by atoms with Gasteiger partial charge in [-0.2, -0.15) is 0 Å². The van der Waals surface area contributed by atoms with Crippen LogP contribution in [0.25, 0.3) is 54.6 Å². The number of nitrogens with zero attached hydrogens (tertiary/aromatic N) is 4. The summed E-state index contributed by atoms with van der Waals surface area (Å²) in [6.07, 6.45) is 0. The molecule has 0 aliphatic heterocycles. The summed E-state index contributed by atoms with van der Waals surface area (Å²) in [6.45, 7) is 9.84. The minimum Gasteiger partial charge on any atom is -0.310 e. The molecule has 0 heterocycles. The van der Waals surface area contributed by atoms with Crippen LogP contribution in [0.4, 0.5) is 68.2 Å². The van der Waals surface area contributed by atoms with E-state index in [9.17, 15) is 0 Å². The largest absolute Gasteiger partial charge is 0.310 e. The highest BCUT2D eigenvalue weighted by Gasteiger charge is 2.47. The molecule has 4 heteroatoms. The first kappa shape index (κ1) is 52.6. The smallest absolute Gasteiger partial charge is 0.0543 e. The molecule has 420 valence electrons. The van der Waals surface area contributed by atoms with Gasteiger partial charge in [0, 0.05) is 78.8 Å². The van der Waals surface area contributed by atoms with Crippen LogP contribution in [0.5, 0.6) is 0 Å². The molecular weight excluding hydrogens is 1060 g/mol. The van der Waals surface area contributed by atoms with Gasteiger partial charge in [0.2, 0.25) is 0 Å². The number of benzene rings is 14. The molecule has 88 heavy (non-hydrogen) atoms. The summed E-state index contributed by atoms with van der Waals surface area (Å²) in [5.74, 6) is 0. The minimum atomic E-state index is -0.350. The molecule has 0 unspecified atom stereocenters. The van der Waals surface area contributed by atoms with Crippen LogP contribution in [0.1, 0.15) is 49.9 Å². The Kier molecular flexibility index (Phi) is 12.5. The zero-order valence-electron chi connectivity index (χ0n) is 49.8. The fourth-order valence-electron chi connectivity index (χ4n) is 14.6. The molecule has 0 spiro atoms. The molecule has 0 bridgehead atoms. The van der Waals surface area contributed by atoms with E-state index >= 15 is 0 Å². The first-order valence-electron chi connectivity index (χ1n) is 30.7. The summed E-state index contributed by atoms with van der Waals surface area (Å²) in [5.41, 5.74) is 23.4. The fraction of sp³-hybridized carbons (Fsp3) is 0.0714. The zero-order valence-corrected chi connectivity index (χ0v) is 49.8. The van der Waals surface area contributed by atoms with Crippen molar-refractivity contribution in [2.75, 3.05) is 19.6 Å². The zero-order chi connectivity index (χ0) is 59.1. The van der Waals surface area contributed by atoms with Crippen molar-refractivity contribution in [3.8, 4) is 22.3 Å². The second-order valence-electron chi connectivity index (χ2n) is 24.5. The molecule has 0 saturated heterocycles. The maximum Gasteiger partial charge on any atom is 0.0543 e. The van der Waals surface area contributed by atoms with Gasteiger partial charge < -0.3 is 19.6 Å². The van der Waals surface area contributed by atoms with Crippen molar-refractivity contribution in [1.82, 2.24) is 0 Å². The lowest BCUT2D eigenvalue weighted by Gasteiger charge is -2.32. The molecule has 14 aromatic carbocycles.